The number of ether oxygens (including phenoxy) is 1. The molecule has 0 heterocycles. The Bertz CT molecular complexity index is 537. The van der Waals surface area contributed by atoms with Gasteiger partial charge in [0.15, 0.2) is 0 Å². The van der Waals surface area contributed by atoms with Crippen LogP contribution in [-0.4, -0.2) is 7.05 Å². The van der Waals surface area contributed by atoms with E-state index in [1.165, 1.54) is 5.56 Å². The van der Waals surface area contributed by atoms with Crippen LogP contribution in [0.25, 0.3) is 0 Å². The molecular weight excluding hydrogens is 258 g/mol. The summed E-state index contributed by atoms with van der Waals surface area (Å²) in [5, 5.41) is 3.87. The molecule has 2 aromatic rings. The molecule has 19 heavy (non-hydrogen) atoms. The smallest absolute Gasteiger partial charge is 0.122 e. The third-order valence-corrected chi connectivity index (χ3v) is 3.17. The van der Waals surface area contributed by atoms with Crippen molar-refractivity contribution >= 4 is 11.6 Å². The Morgan fingerprint density at radius 2 is 1.74 bits per heavy atom. The molecule has 0 unspecified atom stereocenters. The zero-order chi connectivity index (χ0) is 13.7. The SMILES string of the molecule is CNCc1ccc(COc2ccc(Cl)cc2C)cc1. The lowest BCUT2D eigenvalue weighted by atomic mass is 10.1. The maximum atomic E-state index is 5.92. The minimum atomic E-state index is 0.572. The molecule has 2 aromatic carbocycles. The lowest BCUT2D eigenvalue weighted by Gasteiger charge is -2.10. The van der Waals surface area contributed by atoms with E-state index < -0.39 is 0 Å². The van der Waals surface area contributed by atoms with Crippen LogP contribution in [0.5, 0.6) is 5.75 Å². The Hall–Kier alpha value is -1.51. The van der Waals surface area contributed by atoms with Gasteiger partial charge >= 0.3 is 0 Å². The molecule has 0 amide bonds. The van der Waals surface area contributed by atoms with Gasteiger partial charge in [-0.1, -0.05) is 35.9 Å². The van der Waals surface area contributed by atoms with Crippen molar-refractivity contribution in [3.63, 3.8) is 0 Å². The first-order valence-electron chi connectivity index (χ1n) is 6.30. The van der Waals surface area contributed by atoms with E-state index >= 15 is 0 Å². The van der Waals surface area contributed by atoms with Gasteiger partial charge in [0.05, 0.1) is 0 Å². The first kappa shape index (κ1) is 13.9. The van der Waals surface area contributed by atoms with Crippen molar-refractivity contribution in [2.45, 2.75) is 20.1 Å². The van der Waals surface area contributed by atoms with E-state index in [1.54, 1.807) is 0 Å². The summed E-state index contributed by atoms with van der Waals surface area (Å²) >= 11 is 5.92. The standard InChI is InChI=1S/C16H18ClNO/c1-12-9-15(17)7-8-16(12)19-11-14-5-3-13(4-6-14)10-18-2/h3-9,18H,10-11H2,1-2H3. The van der Waals surface area contributed by atoms with Crippen molar-refractivity contribution in [2.24, 2.45) is 0 Å². The van der Waals surface area contributed by atoms with Crippen LogP contribution in [0.4, 0.5) is 0 Å². The van der Waals surface area contributed by atoms with Gasteiger partial charge in [-0.25, -0.2) is 0 Å². The Morgan fingerprint density at radius 1 is 1.05 bits per heavy atom. The second-order valence-electron chi connectivity index (χ2n) is 4.55. The molecule has 0 fully saturated rings. The molecule has 0 radical (unpaired) electrons. The first-order valence-corrected chi connectivity index (χ1v) is 6.68. The van der Waals surface area contributed by atoms with Gasteiger partial charge < -0.3 is 10.1 Å². The third kappa shape index (κ3) is 3.98. The molecule has 1 N–H and O–H groups in total. The number of benzene rings is 2. The Morgan fingerprint density at radius 3 is 2.37 bits per heavy atom. The number of aryl methyl sites for hydroxylation is 1. The number of hydrogen-bond acceptors (Lipinski definition) is 2. The molecule has 2 rings (SSSR count). The van der Waals surface area contributed by atoms with Crippen LogP contribution >= 0.6 is 11.6 Å². The molecule has 0 aliphatic heterocycles. The number of rotatable bonds is 5. The molecule has 0 spiro atoms. The summed E-state index contributed by atoms with van der Waals surface area (Å²) in [6, 6.07) is 14.1. The summed E-state index contributed by atoms with van der Waals surface area (Å²) in [5.41, 5.74) is 3.49. The summed E-state index contributed by atoms with van der Waals surface area (Å²) in [6.07, 6.45) is 0. The molecule has 0 atom stereocenters. The highest BCUT2D eigenvalue weighted by Crippen LogP contribution is 2.22. The maximum Gasteiger partial charge on any atom is 0.122 e. The van der Waals surface area contributed by atoms with Gasteiger partial charge in [0.25, 0.3) is 0 Å². The lowest BCUT2D eigenvalue weighted by Crippen LogP contribution is -2.05. The van der Waals surface area contributed by atoms with Crippen LogP contribution in [0.3, 0.4) is 0 Å². The van der Waals surface area contributed by atoms with Gasteiger partial charge in [0.1, 0.15) is 12.4 Å². The fourth-order valence-corrected chi connectivity index (χ4v) is 2.12. The number of hydrogen-bond donors (Lipinski definition) is 1. The largest absolute Gasteiger partial charge is 0.489 e. The second kappa shape index (κ2) is 6.60. The van der Waals surface area contributed by atoms with E-state index in [1.807, 2.05) is 32.2 Å². The highest BCUT2D eigenvalue weighted by atomic mass is 35.5. The average molecular weight is 276 g/mol. The van der Waals surface area contributed by atoms with Crippen LogP contribution in [0.1, 0.15) is 16.7 Å². The van der Waals surface area contributed by atoms with Crippen molar-refractivity contribution in [3.05, 3.63) is 64.2 Å². The monoisotopic (exact) mass is 275 g/mol. The summed E-state index contributed by atoms with van der Waals surface area (Å²) in [4.78, 5) is 0. The average Bonchev–Trinajstić information content (AvgIpc) is 2.40. The summed E-state index contributed by atoms with van der Waals surface area (Å²) < 4.78 is 5.80. The molecule has 3 heteroatoms. The van der Waals surface area contributed by atoms with Crippen molar-refractivity contribution < 1.29 is 4.74 Å². The Balaban J connectivity index is 1.98. The van der Waals surface area contributed by atoms with Gasteiger partial charge in [0, 0.05) is 11.6 Å². The summed E-state index contributed by atoms with van der Waals surface area (Å²) in [7, 11) is 1.94. The highest BCUT2D eigenvalue weighted by molar-refractivity contribution is 6.30. The molecule has 2 nitrogen and oxygen atoms in total. The van der Waals surface area contributed by atoms with Gasteiger partial charge in [-0.3, -0.25) is 0 Å². The van der Waals surface area contributed by atoms with Crippen molar-refractivity contribution in [3.8, 4) is 5.75 Å². The Kier molecular flexibility index (Phi) is 4.83. The van der Waals surface area contributed by atoms with E-state index in [-0.39, 0.29) is 0 Å². The molecule has 0 aromatic heterocycles. The van der Waals surface area contributed by atoms with E-state index in [4.69, 9.17) is 16.3 Å². The minimum absolute atomic E-state index is 0.572. The van der Waals surface area contributed by atoms with E-state index in [0.29, 0.717) is 6.61 Å². The molecule has 0 aliphatic carbocycles. The molecule has 0 bridgehead atoms. The van der Waals surface area contributed by atoms with Gasteiger partial charge in [-0.05, 0) is 48.9 Å². The fourth-order valence-electron chi connectivity index (χ4n) is 1.89. The second-order valence-corrected chi connectivity index (χ2v) is 4.98. The van der Waals surface area contributed by atoms with Crippen LogP contribution in [0.15, 0.2) is 42.5 Å². The van der Waals surface area contributed by atoms with E-state index in [9.17, 15) is 0 Å². The zero-order valence-electron chi connectivity index (χ0n) is 11.2. The molecule has 0 saturated heterocycles. The van der Waals surface area contributed by atoms with Crippen molar-refractivity contribution in [1.29, 1.82) is 0 Å². The van der Waals surface area contributed by atoms with Crippen molar-refractivity contribution in [1.82, 2.24) is 5.32 Å². The van der Waals surface area contributed by atoms with Gasteiger partial charge in [-0.15, -0.1) is 0 Å². The van der Waals surface area contributed by atoms with Gasteiger partial charge in [0.2, 0.25) is 0 Å². The predicted molar refractivity (Wildman–Crippen MR) is 79.7 cm³/mol. The van der Waals surface area contributed by atoms with Crippen LogP contribution < -0.4 is 10.1 Å². The van der Waals surface area contributed by atoms with Crippen LogP contribution in [-0.2, 0) is 13.2 Å². The van der Waals surface area contributed by atoms with Crippen molar-refractivity contribution in [2.75, 3.05) is 7.05 Å². The van der Waals surface area contributed by atoms with Crippen LogP contribution in [0.2, 0.25) is 5.02 Å². The first-order chi connectivity index (χ1) is 9.19. The quantitative estimate of drug-likeness (QED) is 0.892. The minimum Gasteiger partial charge on any atom is -0.489 e. The number of halogens is 1. The predicted octanol–water partition coefficient (Wildman–Crippen LogP) is 3.95. The molecular formula is C16H18ClNO. The lowest BCUT2D eigenvalue weighted by molar-refractivity contribution is 0.304. The van der Waals surface area contributed by atoms with E-state index in [0.717, 1.165) is 28.4 Å². The molecule has 0 saturated carbocycles. The zero-order valence-corrected chi connectivity index (χ0v) is 12.0. The topological polar surface area (TPSA) is 21.3 Å². The van der Waals surface area contributed by atoms with E-state index in [2.05, 4.69) is 29.6 Å². The fraction of sp³-hybridized carbons (Fsp3) is 0.250. The third-order valence-electron chi connectivity index (χ3n) is 2.94. The molecule has 100 valence electrons. The molecule has 0 aliphatic rings. The maximum absolute atomic E-state index is 5.92. The summed E-state index contributed by atoms with van der Waals surface area (Å²) in [6.45, 7) is 3.46. The Labute approximate surface area is 119 Å². The van der Waals surface area contributed by atoms with Crippen LogP contribution in [0, 0.1) is 6.92 Å². The number of nitrogens with one attached hydrogen (secondary N) is 1. The highest BCUT2D eigenvalue weighted by Gasteiger charge is 2.01. The summed E-state index contributed by atoms with van der Waals surface area (Å²) in [5.74, 6) is 0.878. The normalized spacial score (nSPS) is 10.5. The van der Waals surface area contributed by atoms with Gasteiger partial charge in [-0.2, -0.15) is 0 Å².